The van der Waals surface area contributed by atoms with Gasteiger partial charge >= 0.3 is 24.6 Å². The van der Waals surface area contributed by atoms with E-state index >= 15 is 0 Å². The highest BCUT2D eigenvalue weighted by Gasteiger charge is 2.34. The molecule has 14 nitrogen and oxygen atoms in total. The molecule has 0 aliphatic heterocycles. The van der Waals surface area contributed by atoms with E-state index in [0.717, 1.165) is 33.4 Å². The second-order valence-corrected chi connectivity index (χ2v) is 22.1. The Kier molecular flexibility index (Phi) is 16.3. The van der Waals surface area contributed by atoms with E-state index in [1.165, 1.54) is 0 Å². The number of rotatable bonds is 12. The minimum absolute atomic E-state index is 0.317. The highest BCUT2D eigenvalue weighted by molar-refractivity contribution is 5.68. The van der Waals surface area contributed by atoms with Crippen LogP contribution in [0.5, 0.6) is 23.0 Å². The number of nitrogens with two attached hydrogens (primary N) is 1. The monoisotopic (exact) mass is 1010 g/mol. The van der Waals surface area contributed by atoms with Crippen LogP contribution in [0.15, 0.2) is 146 Å². The topological polar surface area (TPSA) is 171 Å². The van der Waals surface area contributed by atoms with Crippen molar-refractivity contribution in [1.29, 1.82) is 0 Å². The Morgan fingerprint density at radius 2 is 0.459 bits per heavy atom. The van der Waals surface area contributed by atoms with E-state index in [-0.39, 0.29) is 0 Å². The first kappa shape index (κ1) is 55.5. The van der Waals surface area contributed by atoms with Crippen molar-refractivity contribution in [2.45, 2.75) is 130 Å². The third kappa shape index (κ3) is 14.7. The minimum atomic E-state index is -0.809. The van der Waals surface area contributed by atoms with Gasteiger partial charge in [0.05, 0.1) is 11.4 Å². The molecule has 0 spiro atoms. The molecule has 0 heterocycles. The fraction of sp³-hybridized carbons (Fsp3) is 0.333. The zero-order chi connectivity index (χ0) is 54.4. The first-order valence-electron chi connectivity index (χ1n) is 24.2. The van der Waals surface area contributed by atoms with E-state index < -0.39 is 57.9 Å². The summed E-state index contributed by atoms with van der Waals surface area (Å²) >= 11 is 0. The molecule has 6 aromatic rings. The number of anilines is 2. The lowest BCUT2D eigenvalue weighted by atomic mass is 9.71. The van der Waals surface area contributed by atoms with E-state index in [1.807, 2.05) is 97.1 Å². The molecule has 0 aromatic heterocycles. The van der Waals surface area contributed by atoms with Gasteiger partial charge in [-0.2, -0.15) is 0 Å². The van der Waals surface area contributed by atoms with Gasteiger partial charge < -0.3 is 37.9 Å². The molecule has 0 saturated heterocycles. The molecule has 0 fully saturated rings. The third-order valence-corrected chi connectivity index (χ3v) is 11.5. The van der Waals surface area contributed by atoms with Gasteiger partial charge in [-0.3, -0.25) is 5.01 Å². The maximum atomic E-state index is 12.5. The molecule has 0 atom stereocenters. The molecule has 0 radical (unpaired) electrons. The number of nitrogens with zero attached hydrogens (tertiary/aromatic N) is 1. The lowest BCUT2D eigenvalue weighted by Crippen LogP contribution is -2.28. The van der Waals surface area contributed by atoms with E-state index in [1.54, 1.807) is 137 Å². The maximum Gasteiger partial charge on any atom is 0.514 e. The second-order valence-electron chi connectivity index (χ2n) is 22.1. The van der Waals surface area contributed by atoms with Crippen molar-refractivity contribution < 1.29 is 57.1 Å². The van der Waals surface area contributed by atoms with Crippen LogP contribution < -0.4 is 29.8 Å². The summed E-state index contributed by atoms with van der Waals surface area (Å²) in [5, 5.41) is 1.60. The van der Waals surface area contributed by atoms with Gasteiger partial charge in [-0.15, -0.1) is 0 Å². The van der Waals surface area contributed by atoms with Crippen LogP contribution in [0.4, 0.5) is 30.6 Å². The summed E-state index contributed by atoms with van der Waals surface area (Å²) < 4.78 is 43.4. The maximum absolute atomic E-state index is 12.5. The van der Waals surface area contributed by atoms with Crippen molar-refractivity contribution >= 4 is 36.0 Å². The van der Waals surface area contributed by atoms with Gasteiger partial charge in [-0.05, 0) is 203 Å². The van der Waals surface area contributed by atoms with Gasteiger partial charge in [0.25, 0.3) is 0 Å². The van der Waals surface area contributed by atoms with Crippen LogP contribution >= 0.6 is 0 Å². The lowest BCUT2D eigenvalue weighted by Gasteiger charge is -2.33. The van der Waals surface area contributed by atoms with Gasteiger partial charge in [0, 0.05) is 10.8 Å². The number of hydrogen-bond acceptors (Lipinski definition) is 14. The number of ether oxygens (including phenoxy) is 8. The Hall–Kier alpha value is -7.84. The number of hydrazine groups is 1. The summed E-state index contributed by atoms with van der Waals surface area (Å²) in [5.41, 5.74) is 2.29. The molecule has 0 aliphatic carbocycles. The van der Waals surface area contributed by atoms with E-state index in [0.29, 0.717) is 34.4 Å². The van der Waals surface area contributed by atoms with Crippen LogP contribution in [-0.2, 0) is 29.8 Å². The quantitative estimate of drug-likeness (QED) is 0.0306. The summed E-state index contributed by atoms with van der Waals surface area (Å²) in [6, 6.07) is 44.6. The second kappa shape index (κ2) is 21.7. The van der Waals surface area contributed by atoms with Crippen molar-refractivity contribution in [2.24, 2.45) is 5.84 Å². The van der Waals surface area contributed by atoms with Crippen molar-refractivity contribution in [3.63, 3.8) is 0 Å². The fourth-order valence-electron chi connectivity index (χ4n) is 7.95. The van der Waals surface area contributed by atoms with Crippen LogP contribution in [0.2, 0.25) is 0 Å². The Balaban J connectivity index is 1.31. The molecule has 0 aliphatic rings. The average molecular weight is 1010 g/mol. The molecular weight excluding hydrogens is 941 g/mol. The van der Waals surface area contributed by atoms with Crippen LogP contribution in [0.1, 0.15) is 130 Å². The number of carbonyl (C=O) groups is 4. The molecule has 6 rings (SSSR count). The van der Waals surface area contributed by atoms with Gasteiger partial charge in [0.2, 0.25) is 0 Å². The van der Waals surface area contributed by atoms with E-state index in [9.17, 15) is 19.2 Å². The molecule has 390 valence electrons. The predicted molar refractivity (Wildman–Crippen MR) is 284 cm³/mol. The molecule has 6 aromatic carbocycles. The normalized spacial score (nSPS) is 12.2. The first-order chi connectivity index (χ1) is 34.4. The molecular formula is C60H68N2O12. The highest BCUT2D eigenvalue weighted by atomic mass is 16.7. The molecule has 0 unspecified atom stereocenters. The summed E-state index contributed by atoms with van der Waals surface area (Å²) in [6.45, 7) is 25.3. The lowest BCUT2D eigenvalue weighted by molar-refractivity contribution is 0.0193. The molecule has 2 N–H and O–H groups in total. The number of hydrogen-bond donors (Lipinski definition) is 1. The van der Waals surface area contributed by atoms with E-state index in [4.69, 9.17) is 43.7 Å². The average Bonchev–Trinajstić information content (AvgIpc) is 3.29. The Morgan fingerprint density at radius 3 is 0.622 bits per heavy atom. The van der Waals surface area contributed by atoms with Gasteiger partial charge in [-0.25, -0.2) is 25.0 Å². The summed E-state index contributed by atoms with van der Waals surface area (Å²) in [6.07, 6.45) is -3.24. The van der Waals surface area contributed by atoms with Crippen molar-refractivity contribution in [2.75, 3.05) is 5.01 Å². The Bertz CT molecular complexity index is 2540. The van der Waals surface area contributed by atoms with Crippen LogP contribution in [-0.4, -0.2) is 47.0 Å². The highest BCUT2D eigenvalue weighted by Crippen LogP contribution is 2.43. The fourth-order valence-corrected chi connectivity index (χ4v) is 7.95. The van der Waals surface area contributed by atoms with Gasteiger partial charge in [-0.1, -0.05) is 72.8 Å². The Labute approximate surface area is 434 Å². The van der Waals surface area contributed by atoms with E-state index in [2.05, 4.69) is 13.8 Å². The van der Waals surface area contributed by atoms with Crippen LogP contribution in [0.3, 0.4) is 0 Å². The molecule has 14 heteroatoms. The number of benzene rings is 6. The molecule has 0 amide bonds. The van der Waals surface area contributed by atoms with Crippen LogP contribution in [0, 0.1) is 0 Å². The third-order valence-electron chi connectivity index (χ3n) is 11.5. The molecule has 0 saturated carbocycles. The first-order valence-corrected chi connectivity index (χ1v) is 24.2. The van der Waals surface area contributed by atoms with Crippen molar-refractivity contribution in [3.8, 4) is 23.0 Å². The smallest absolute Gasteiger partial charge is 0.428 e. The SMILES string of the molecule is CC(C)(C)OC(=O)Oc1ccc(C(C)(c2ccc(OC(=O)OC(C)(C)C)cc2)c2ccc(N(N)c3ccc(C(C)(c4ccc(OC(=O)OC(C)(C)C)cc4)c4ccc(OC(=O)OC(C)(C)C)cc4)cc3)cc2)cc1. The molecule has 74 heavy (non-hydrogen) atoms. The zero-order valence-electron chi connectivity index (χ0n) is 44.8. The van der Waals surface area contributed by atoms with Gasteiger partial charge in [0.15, 0.2) is 0 Å². The largest absolute Gasteiger partial charge is 0.514 e. The number of carbonyl (C=O) groups excluding carboxylic acids is 4. The van der Waals surface area contributed by atoms with Crippen LogP contribution in [0.25, 0.3) is 0 Å². The summed E-state index contributed by atoms with van der Waals surface area (Å²) in [4.78, 5) is 50.0. The standard InChI is InChI=1S/C60H68N2O12/c1-55(2,3)71-51(63)67-47-31-19-41(20-32-47)59(13,42-21-33-48(34-22-42)68-52(64)72-56(4,5)6)39-15-27-45(28-16-39)62(61)46-29-17-40(18-30-46)60(14,43-23-35-49(36-24-43)69-53(65)73-57(7,8)9)44-25-37-50(38-26-44)70-54(66)74-58(10,11)12/h15-38H,61H2,1-14H3. The minimum Gasteiger partial charge on any atom is -0.428 e. The predicted octanol–water partition coefficient (Wildman–Crippen LogP) is 14.7. The Morgan fingerprint density at radius 1 is 0.297 bits per heavy atom. The summed E-state index contributed by atoms with van der Waals surface area (Å²) in [7, 11) is 0. The molecule has 0 bridgehead atoms. The summed E-state index contributed by atoms with van der Waals surface area (Å²) in [5.74, 6) is 8.15. The zero-order valence-corrected chi connectivity index (χ0v) is 44.8. The van der Waals surface area contributed by atoms with Gasteiger partial charge in [0.1, 0.15) is 45.4 Å². The van der Waals surface area contributed by atoms with Crippen molar-refractivity contribution in [3.05, 3.63) is 179 Å². The van der Waals surface area contributed by atoms with Crippen molar-refractivity contribution in [1.82, 2.24) is 0 Å².